The first-order valence-corrected chi connectivity index (χ1v) is 9.49. The van der Waals surface area contributed by atoms with Gasteiger partial charge in [-0.25, -0.2) is 23.9 Å². The number of imidazole rings is 1. The fraction of sp³-hybridized carbons (Fsp3) is 0.250. The van der Waals surface area contributed by atoms with Crippen molar-refractivity contribution in [3.8, 4) is 0 Å². The standard InChI is InChI=1S/C20H19FN8O/c1-27(2)20(30)15-9-23-17(10-22-15)28-7-5-13-18(25-11-24-13)19(28)14-8-16-12(21)4-3-6-29(16)26-14/h3-4,6,8-11,19H,5,7H2,1-2H3,(H,24,25)/t19-/m0/s1. The fourth-order valence-corrected chi connectivity index (χ4v) is 3.77. The molecule has 0 saturated carbocycles. The predicted octanol–water partition coefficient (Wildman–Crippen LogP) is 1.84. The first kappa shape index (κ1) is 18.2. The maximum absolute atomic E-state index is 14.3. The molecule has 1 N–H and O–H groups in total. The lowest BCUT2D eigenvalue weighted by Gasteiger charge is -2.34. The van der Waals surface area contributed by atoms with E-state index in [1.807, 2.05) is 4.90 Å². The molecule has 0 aromatic carbocycles. The van der Waals surface area contributed by atoms with Crippen LogP contribution in [-0.4, -0.2) is 61.0 Å². The number of rotatable bonds is 3. The number of hydrogen-bond donors (Lipinski definition) is 1. The highest BCUT2D eigenvalue weighted by Crippen LogP contribution is 2.35. The Hall–Kier alpha value is -3.82. The third kappa shape index (κ3) is 2.88. The molecule has 0 unspecified atom stereocenters. The summed E-state index contributed by atoms with van der Waals surface area (Å²) in [6.45, 7) is 0.645. The van der Waals surface area contributed by atoms with Crippen LogP contribution in [0.2, 0.25) is 0 Å². The summed E-state index contributed by atoms with van der Waals surface area (Å²) in [6, 6.07) is 4.40. The molecule has 0 radical (unpaired) electrons. The average Bonchev–Trinajstić information content (AvgIpc) is 3.40. The van der Waals surface area contributed by atoms with Gasteiger partial charge in [-0.3, -0.25) is 4.79 Å². The molecule has 0 spiro atoms. The van der Waals surface area contributed by atoms with E-state index in [1.165, 1.54) is 21.7 Å². The van der Waals surface area contributed by atoms with Gasteiger partial charge in [-0.2, -0.15) is 5.10 Å². The number of aromatic nitrogens is 6. The van der Waals surface area contributed by atoms with Crippen molar-refractivity contribution in [2.24, 2.45) is 0 Å². The number of fused-ring (bicyclic) bond motifs is 2. The number of H-pyrrole nitrogens is 1. The van der Waals surface area contributed by atoms with E-state index in [-0.39, 0.29) is 23.5 Å². The number of carbonyl (C=O) groups excluding carboxylic acids is 1. The van der Waals surface area contributed by atoms with Gasteiger partial charge in [-0.1, -0.05) is 0 Å². The van der Waals surface area contributed by atoms with E-state index in [1.54, 1.807) is 44.9 Å². The number of nitrogens with one attached hydrogen (secondary N) is 1. The lowest BCUT2D eigenvalue weighted by atomic mass is 10.00. The van der Waals surface area contributed by atoms with Gasteiger partial charge in [0, 0.05) is 39.0 Å². The van der Waals surface area contributed by atoms with Gasteiger partial charge in [-0.15, -0.1) is 0 Å². The third-order valence-corrected chi connectivity index (χ3v) is 5.23. The first-order valence-electron chi connectivity index (χ1n) is 9.49. The zero-order chi connectivity index (χ0) is 20.8. The van der Waals surface area contributed by atoms with E-state index in [0.717, 1.165) is 17.8 Å². The molecule has 30 heavy (non-hydrogen) atoms. The van der Waals surface area contributed by atoms with Crippen molar-refractivity contribution in [2.75, 3.05) is 25.5 Å². The second-order valence-electron chi connectivity index (χ2n) is 7.33. The number of pyridine rings is 1. The normalized spacial score (nSPS) is 16.0. The summed E-state index contributed by atoms with van der Waals surface area (Å²) in [5.74, 6) is 0.0448. The molecule has 0 aliphatic carbocycles. The van der Waals surface area contributed by atoms with Crippen molar-refractivity contribution in [2.45, 2.75) is 12.5 Å². The van der Waals surface area contributed by atoms with Crippen LogP contribution in [0.4, 0.5) is 10.2 Å². The van der Waals surface area contributed by atoms with Crippen molar-refractivity contribution < 1.29 is 9.18 Å². The molecule has 5 rings (SSSR count). The van der Waals surface area contributed by atoms with Crippen LogP contribution >= 0.6 is 0 Å². The number of aromatic amines is 1. The van der Waals surface area contributed by atoms with Crippen molar-refractivity contribution in [1.29, 1.82) is 0 Å². The quantitative estimate of drug-likeness (QED) is 0.558. The summed E-state index contributed by atoms with van der Waals surface area (Å²) in [5, 5.41) is 4.59. The first-order chi connectivity index (χ1) is 14.5. The molecular formula is C20H19FN8O. The van der Waals surface area contributed by atoms with Crippen LogP contribution in [0.3, 0.4) is 0 Å². The number of nitrogens with zero attached hydrogens (tertiary/aromatic N) is 7. The second-order valence-corrected chi connectivity index (χ2v) is 7.33. The van der Waals surface area contributed by atoms with Crippen LogP contribution in [0.1, 0.15) is 33.6 Å². The second kappa shape index (κ2) is 6.90. The molecule has 1 aliphatic heterocycles. The summed E-state index contributed by atoms with van der Waals surface area (Å²) in [7, 11) is 3.33. The minimum absolute atomic E-state index is 0.213. The zero-order valence-corrected chi connectivity index (χ0v) is 16.4. The number of halogens is 1. The van der Waals surface area contributed by atoms with Crippen molar-refractivity contribution >= 4 is 17.2 Å². The molecular weight excluding hydrogens is 387 g/mol. The summed E-state index contributed by atoms with van der Waals surface area (Å²) >= 11 is 0. The molecule has 152 valence electrons. The molecule has 5 heterocycles. The molecule has 4 aromatic rings. The van der Waals surface area contributed by atoms with E-state index < -0.39 is 0 Å². The third-order valence-electron chi connectivity index (χ3n) is 5.23. The Labute approximate surface area is 171 Å². The highest BCUT2D eigenvalue weighted by molar-refractivity contribution is 5.91. The zero-order valence-electron chi connectivity index (χ0n) is 16.4. The van der Waals surface area contributed by atoms with Gasteiger partial charge in [0.05, 0.1) is 30.1 Å². The summed E-state index contributed by atoms with van der Waals surface area (Å²) in [6.07, 6.45) is 7.16. The number of anilines is 1. The molecule has 0 saturated heterocycles. The maximum atomic E-state index is 14.3. The summed E-state index contributed by atoms with van der Waals surface area (Å²) in [4.78, 5) is 32.1. The van der Waals surface area contributed by atoms with Crippen molar-refractivity contribution in [3.05, 3.63) is 71.7 Å². The summed E-state index contributed by atoms with van der Waals surface area (Å²) < 4.78 is 15.8. The monoisotopic (exact) mass is 406 g/mol. The van der Waals surface area contributed by atoms with Crippen LogP contribution in [-0.2, 0) is 6.42 Å². The number of hydrogen-bond acceptors (Lipinski definition) is 6. The van der Waals surface area contributed by atoms with E-state index in [2.05, 4.69) is 25.0 Å². The Balaban J connectivity index is 1.58. The Morgan fingerprint density at radius 3 is 2.87 bits per heavy atom. The van der Waals surface area contributed by atoms with Gasteiger partial charge in [0.1, 0.15) is 28.9 Å². The van der Waals surface area contributed by atoms with Gasteiger partial charge in [-0.05, 0) is 18.2 Å². The van der Waals surface area contributed by atoms with E-state index >= 15 is 0 Å². The van der Waals surface area contributed by atoms with Gasteiger partial charge >= 0.3 is 0 Å². The molecule has 1 atom stereocenters. The lowest BCUT2D eigenvalue weighted by Crippen LogP contribution is -2.37. The molecule has 0 fully saturated rings. The topological polar surface area (TPSA) is 95.3 Å². The minimum Gasteiger partial charge on any atom is -0.348 e. The minimum atomic E-state index is -0.357. The molecule has 1 aliphatic rings. The number of amides is 1. The highest BCUT2D eigenvalue weighted by Gasteiger charge is 2.34. The van der Waals surface area contributed by atoms with E-state index in [0.29, 0.717) is 23.6 Å². The Bertz CT molecular complexity index is 1230. The van der Waals surface area contributed by atoms with Crippen LogP contribution in [0, 0.1) is 5.82 Å². The number of carbonyl (C=O) groups is 1. The van der Waals surface area contributed by atoms with E-state index in [9.17, 15) is 9.18 Å². The fourth-order valence-electron chi connectivity index (χ4n) is 3.77. The van der Waals surface area contributed by atoms with E-state index in [4.69, 9.17) is 0 Å². The molecule has 1 amide bonds. The van der Waals surface area contributed by atoms with Gasteiger partial charge in [0.2, 0.25) is 0 Å². The smallest absolute Gasteiger partial charge is 0.273 e. The van der Waals surface area contributed by atoms with Gasteiger partial charge in [0.15, 0.2) is 0 Å². The van der Waals surface area contributed by atoms with Crippen LogP contribution < -0.4 is 4.90 Å². The SMILES string of the molecule is CN(C)C(=O)c1cnc(N2CCc3[nH]cnc3[C@@H]2c2cc3c(F)cccn3n2)cn1. The van der Waals surface area contributed by atoms with Gasteiger partial charge in [0.25, 0.3) is 5.91 Å². The van der Waals surface area contributed by atoms with Crippen LogP contribution in [0.15, 0.2) is 43.1 Å². The highest BCUT2D eigenvalue weighted by atomic mass is 19.1. The largest absolute Gasteiger partial charge is 0.348 e. The van der Waals surface area contributed by atoms with Crippen LogP contribution in [0.5, 0.6) is 0 Å². The molecule has 4 aromatic heterocycles. The molecule has 9 nitrogen and oxygen atoms in total. The molecule has 0 bridgehead atoms. The Morgan fingerprint density at radius 1 is 1.27 bits per heavy atom. The van der Waals surface area contributed by atoms with Gasteiger partial charge < -0.3 is 14.8 Å². The Kier molecular flexibility index (Phi) is 4.19. The summed E-state index contributed by atoms with van der Waals surface area (Å²) in [5.41, 5.74) is 3.16. The molecule has 10 heteroatoms. The predicted molar refractivity (Wildman–Crippen MR) is 107 cm³/mol. The lowest BCUT2D eigenvalue weighted by molar-refractivity contribution is 0.0821. The van der Waals surface area contributed by atoms with Crippen LogP contribution in [0.25, 0.3) is 5.52 Å². The Morgan fingerprint density at radius 2 is 2.13 bits per heavy atom. The van der Waals surface area contributed by atoms with Crippen molar-refractivity contribution in [3.63, 3.8) is 0 Å². The maximum Gasteiger partial charge on any atom is 0.273 e. The average molecular weight is 406 g/mol. The van der Waals surface area contributed by atoms with Crippen molar-refractivity contribution in [1.82, 2.24) is 34.4 Å².